The summed E-state index contributed by atoms with van der Waals surface area (Å²) in [7, 11) is 0. The molecule has 0 spiro atoms. The van der Waals surface area contributed by atoms with Gasteiger partial charge in [-0.1, -0.05) is 31.5 Å². The molecular weight excluding hydrogens is 214 g/mol. The topological polar surface area (TPSA) is 12.0 Å². The van der Waals surface area contributed by atoms with Crippen molar-refractivity contribution in [1.82, 2.24) is 0 Å². The lowest BCUT2D eigenvalue weighted by Gasteiger charge is -2.28. The van der Waals surface area contributed by atoms with Gasteiger partial charge in [0.1, 0.15) is 0 Å². The van der Waals surface area contributed by atoms with E-state index in [9.17, 15) is 0 Å². The number of hydrogen-bond donors (Lipinski definition) is 1. The Bertz CT molecular complexity index is 338. The zero-order chi connectivity index (χ0) is 10.1. The first kappa shape index (κ1) is 10.2. The Balaban J connectivity index is 2.27. The first-order valence-electron chi connectivity index (χ1n) is 4.87. The summed E-state index contributed by atoms with van der Waals surface area (Å²) in [6.45, 7) is 5.53. The lowest BCUT2D eigenvalue weighted by molar-refractivity contribution is 0.620. The van der Waals surface area contributed by atoms with Gasteiger partial charge in [-0.2, -0.15) is 0 Å². The van der Waals surface area contributed by atoms with E-state index in [4.69, 9.17) is 11.6 Å². The molecule has 0 aromatic heterocycles. The molecule has 1 aliphatic rings. The number of anilines is 1. The SMILES string of the molecule is CC(C)C1CNc2c(Cl)cccc2S1. The summed E-state index contributed by atoms with van der Waals surface area (Å²) >= 11 is 8.03. The Morgan fingerprint density at radius 3 is 3.00 bits per heavy atom. The Morgan fingerprint density at radius 1 is 1.50 bits per heavy atom. The smallest absolute Gasteiger partial charge is 0.0668 e. The summed E-state index contributed by atoms with van der Waals surface area (Å²) in [5.41, 5.74) is 1.11. The molecule has 1 aliphatic heterocycles. The van der Waals surface area contributed by atoms with Crippen molar-refractivity contribution in [2.24, 2.45) is 5.92 Å². The highest BCUT2D eigenvalue weighted by Gasteiger charge is 2.22. The molecule has 76 valence electrons. The molecular formula is C11H14ClNS. The summed E-state index contributed by atoms with van der Waals surface area (Å²) in [4.78, 5) is 1.28. The van der Waals surface area contributed by atoms with Crippen LogP contribution in [-0.4, -0.2) is 11.8 Å². The molecule has 0 radical (unpaired) electrons. The first-order chi connectivity index (χ1) is 6.68. The number of rotatable bonds is 1. The second-order valence-corrected chi connectivity index (χ2v) is 5.58. The van der Waals surface area contributed by atoms with Crippen LogP contribution >= 0.6 is 23.4 Å². The van der Waals surface area contributed by atoms with Gasteiger partial charge in [-0.05, 0) is 18.1 Å². The third-order valence-corrected chi connectivity index (χ3v) is 4.40. The molecule has 1 atom stereocenters. The number of hydrogen-bond acceptors (Lipinski definition) is 2. The van der Waals surface area contributed by atoms with Gasteiger partial charge in [0.2, 0.25) is 0 Å². The summed E-state index contributed by atoms with van der Waals surface area (Å²) in [5, 5.41) is 4.89. The molecule has 1 nitrogen and oxygen atoms in total. The number of benzene rings is 1. The molecule has 1 aromatic rings. The second kappa shape index (κ2) is 4.03. The first-order valence-corrected chi connectivity index (χ1v) is 6.13. The Hall–Kier alpha value is -0.340. The van der Waals surface area contributed by atoms with E-state index in [0.717, 1.165) is 17.3 Å². The number of nitrogens with one attached hydrogen (secondary N) is 1. The molecule has 1 heterocycles. The van der Waals surface area contributed by atoms with E-state index in [-0.39, 0.29) is 0 Å². The number of fused-ring (bicyclic) bond motifs is 1. The van der Waals surface area contributed by atoms with Crippen molar-refractivity contribution in [2.45, 2.75) is 24.0 Å². The van der Waals surface area contributed by atoms with Gasteiger partial charge in [0.25, 0.3) is 0 Å². The lowest BCUT2D eigenvalue weighted by Crippen LogP contribution is -2.25. The molecule has 1 N–H and O–H groups in total. The van der Waals surface area contributed by atoms with E-state index in [0.29, 0.717) is 11.2 Å². The second-order valence-electron chi connectivity index (χ2n) is 3.89. The number of para-hydroxylation sites is 1. The van der Waals surface area contributed by atoms with Crippen LogP contribution in [0.25, 0.3) is 0 Å². The Morgan fingerprint density at radius 2 is 2.29 bits per heavy atom. The van der Waals surface area contributed by atoms with Crippen molar-refractivity contribution in [3.63, 3.8) is 0 Å². The van der Waals surface area contributed by atoms with E-state index in [1.54, 1.807) is 0 Å². The van der Waals surface area contributed by atoms with Crippen molar-refractivity contribution >= 4 is 29.1 Å². The molecule has 2 rings (SSSR count). The van der Waals surface area contributed by atoms with Crippen LogP contribution in [0.15, 0.2) is 23.1 Å². The fourth-order valence-corrected chi connectivity index (χ4v) is 3.07. The van der Waals surface area contributed by atoms with E-state index >= 15 is 0 Å². The van der Waals surface area contributed by atoms with Crippen LogP contribution in [0.3, 0.4) is 0 Å². The van der Waals surface area contributed by atoms with Gasteiger partial charge in [-0.3, -0.25) is 0 Å². The standard InChI is InChI=1S/C11H14ClNS/c1-7(2)10-6-13-11-8(12)4-3-5-9(11)14-10/h3-5,7,10,13H,6H2,1-2H3. The van der Waals surface area contributed by atoms with E-state index in [1.165, 1.54) is 4.90 Å². The zero-order valence-corrected chi connectivity index (χ0v) is 9.95. The maximum Gasteiger partial charge on any atom is 0.0668 e. The van der Waals surface area contributed by atoms with Crippen molar-refractivity contribution < 1.29 is 0 Å². The van der Waals surface area contributed by atoms with Gasteiger partial charge in [0, 0.05) is 16.7 Å². The third-order valence-electron chi connectivity index (χ3n) is 2.48. The maximum absolute atomic E-state index is 6.09. The number of thioether (sulfide) groups is 1. The van der Waals surface area contributed by atoms with Gasteiger partial charge >= 0.3 is 0 Å². The van der Waals surface area contributed by atoms with Crippen molar-refractivity contribution in [3.8, 4) is 0 Å². The van der Waals surface area contributed by atoms with Crippen molar-refractivity contribution in [3.05, 3.63) is 23.2 Å². The third kappa shape index (κ3) is 1.86. The van der Waals surface area contributed by atoms with E-state index in [1.807, 2.05) is 23.9 Å². The lowest BCUT2D eigenvalue weighted by atomic mass is 10.1. The zero-order valence-electron chi connectivity index (χ0n) is 8.38. The van der Waals surface area contributed by atoms with Crippen molar-refractivity contribution in [2.75, 3.05) is 11.9 Å². The van der Waals surface area contributed by atoms with Crippen LogP contribution in [0.4, 0.5) is 5.69 Å². The highest BCUT2D eigenvalue weighted by molar-refractivity contribution is 8.00. The average molecular weight is 228 g/mol. The summed E-state index contributed by atoms with van der Waals surface area (Å²) < 4.78 is 0. The minimum atomic E-state index is 0.654. The molecule has 0 aliphatic carbocycles. The van der Waals surface area contributed by atoms with Crippen LogP contribution in [0.5, 0.6) is 0 Å². The molecule has 0 saturated heterocycles. The van der Waals surface area contributed by atoms with Crippen LogP contribution in [0, 0.1) is 5.92 Å². The molecule has 0 amide bonds. The minimum absolute atomic E-state index is 0.654. The quantitative estimate of drug-likeness (QED) is 0.782. The summed E-state index contributed by atoms with van der Waals surface area (Å²) in [6, 6.07) is 6.08. The van der Waals surface area contributed by atoms with Crippen molar-refractivity contribution in [1.29, 1.82) is 0 Å². The maximum atomic E-state index is 6.09. The molecule has 0 bridgehead atoms. The molecule has 3 heteroatoms. The predicted molar refractivity (Wildman–Crippen MR) is 64.4 cm³/mol. The monoisotopic (exact) mass is 227 g/mol. The molecule has 0 saturated carbocycles. The highest BCUT2D eigenvalue weighted by Crippen LogP contribution is 2.41. The van der Waals surface area contributed by atoms with Gasteiger partial charge in [-0.15, -0.1) is 11.8 Å². The Kier molecular flexibility index (Phi) is 2.93. The predicted octanol–water partition coefficient (Wildman–Crippen LogP) is 3.88. The van der Waals surface area contributed by atoms with E-state index in [2.05, 4.69) is 25.2 Å². The molecule has 1 aromatic carbocycles. The van der Waals surface area contributed by atoms with Gasteiger partial charge < -0.3 is 5.32 Å². The average Bonchev–Trinajstić information content (AvgIpc) is 2.17. The van der Waals surface area contributed by atoms with Gasteiger partial charge in [0.15, 0.2) is 0 Å². The Labute approximate surface area is 94.2 Å². The highest BCUT2D eigenvalue weighted by atomic mass is 35.5. The van der Waals surface area contributed by atoms with Crippen LogP contribution in [0.1, 0.15) is 13.8 Å². The minimum Gasteiger partial charge on any atom is -0.382 e. The summed E-state index contributed by atoms with van der Waals surface area (Å²) in [5.74, 6) is 0.694. The van der Waals surface area contributed by atoms with E-state index < -0.39 is 0 Å². The largest absolute Gasteiger partial charge is 0.382 e. The van der Waals surface area contributed by atoms with Crippen LogP contribution in [-0.2, 0) is 0 Å². The molecule has 0 fully saturated rings. The van der Waals surface area contributed by atoms with Gasteiger partial charge in [0.05, 0.1) is 10.7 Å². The van der Waals surface area contributed by atoms with Crippen LogP contribution < -0.4 is 5.32 Å². The van der Waals surface area contributed by atoms with Gasteiger partial charge in [-0.25, -0.2) is 0 Å². The fourth-order valence-electron chi connectivity index (χ4n) is 1.55. The molecule has 14 heavy (non-hydrogen) atoms. The normalized spacial score (nSPS) is 20.4. The molecule has 1 unspecified atom stereocenters. The fraction of sp³-hybridized carbons (Fsp3) is 0.455. The number of halogens is 1. The van der Waals surface area contributed by atoms with Crippen LogP contribution in [0.2, 0.25) is 5.02 Å². The summed E-state index contributed by atoms with van der Waals surface area (Å²) in [6.07, 6.45) is 0.